The number of para-hydroxylation sites is 1. The van der Waals surface area contributed by atoms with E-state index in [1.54, 1.807) is 43.3 Å². The zero-order chi connectivity index (χ0) is 18.1. The smallest absolute Gasteiger partial charge is 0.280 e. The van der Waals surface area contributed by atoms with Crippen molar-refractivity contribution < 1.29 is 19.1 Å². The van der Waals surface area contributed by atoms with Gasteiger partial charge in [0.25, 0.3) is 11.8 Å². The van der Waals surface area contributed by atoms with Crippen LogP contribution in [0.2, 0.25) is 0 Å². The number of benzene rings is 2. The minimum atomic E-state index is -0.677. The maximum Gasteiger partial charge on any atom is 0.280 e. The fourth-order valence-corrected chi connectivity index (χ4v) is 1.82. The summed E-state index contributed by atoms with van der Waals surface area (Å²) in [6, 6.07) is 15.9. The van der Waals surface area contributed by atoms with Crippen LogP contribution < -0.4 is 20.6 Å². The van der Waals surface area contributed by atoms with E-state index in [2.05, 4.69) is 10.5 Å². The monoisotopic (exact) mass is 341 g/mol. The first-order valence-corrected chi connectivity index (χ1v) is 7.60. The molecule has 0 saturated heterocycles. The third kappa shape index (κ3) is 6.34. The molecule has 25 heavy (non-hydrogen) atoms. The second kappa shape index (κ2) is 9.07. The highest BCUT2D eigenvalue weighted by Gasteiger charge is 2.13. The van der Waals surface area contributed by atoms with Crippen LogP contribution >= 0.6 is 0 Å². The highest BCUT2D eigenvalue weighted by molar-refractivity contribution is 5.84. The maximum absolute atomic E-state index is 11.9. The number of nitrogens with one attached hydrogen (secondary N) is 1. The van der Waals surface area contributed by atoms with Crippen LogP contribution in [0.5, 0.6) is 11.5 Å². The van der Waals surface area contributed by atoms with Crippen molar-refractivity contribution in [2.45, 2.75) is 13.0 Å². The lowest BCUT2D eigenvalue weighted by Gasteiger charge is -2.12. The van der Waals surface area contributed by atoms with Crippen molar-refractivity contribution in [2.75, 3.05) is 6.61 Å². The molecule has 0 bridgehead atoms. The molecule has 0 saturated carbocycles. The van der Waals surface area contributed by atoms with E-state index in [4.69, 9.17) is 15.2 Å². The molecule has 7 heteroatoms. The molecule has 2 aromatic rings. The predicted octanol–water partition coefficient (Wildman–Crippen LogP) is 1.47. The predicted molar refractivity (Wildman–Crippen MR) is 93.4 cm³/mol. The molecule has 0 aromatic heterocycles. The number of hydrogen-bond acceptors (Lipinski definition) is 5. The summed E-state index contributed by atoms with van der Waals surface area (Å²) >= 11 is 0. The van der Waals surface area contributed by atoms with Gasteiger partial charge in [-0.1, -0.05) is 18.2 Å². The minimum absolute atomic E-state index is 0.178. The van der Waals surface area contributed by atoms with Crippen molar-refractivity contribution in [1.82, 2.24) is 5.43 Å². The van der Waals surface area contributed by atoms with Crippen molar-refractivity contribution in [3.63, 3.8) is 0 Å². The Hall–Kier alpha value is -3.35. The second-order valence-corrected chi connectivity index (χ2v) is 5.13. The van der Waals surface area contributed by atoms with Crippen molar-refractivity contribution >= 4 is 18.0 Å². The van der Waals surface area contributed by atoms with Gasteiger partial charge in [-0.2, -0.15) is 5.10 Å². The number of carbonyl (C=O) groups is 2. The number of hydrogen-bond donors (Lipinski definition) is 2. The molecule has 1 unspecified atom stereocenters. The number of rotatable bonds is 8. The lowest BCUT2D eigenvalue weighted by Crippen LogP contribution is -2.33. The molecule has 0 spiro atoms. The average Bonchev–Trinajstić information content (AvgIpc) is 2.61. The number of amides is 2. The summed E-state index contributed by atoms with van der Waals surface area (Å²) in [5.41, 5.74) is 8.17. The van der Waals surface area contributed by atoms with Crippen LogP contribution in [0.3, 0.4) is 0 Å². The molecule has 0 aliphatic heterocycles. The summed E-state index contributed by atoms with van der Waals surface area (Å²) in [5.74, 6) is 0.229. The van der Waals surface area contributed by atoms with Gasteiger partial charge in [0.1, 0.15) is 11.5 Å². The van der Waals surface area contributed by atoms with Crippen molar-refractivity contribution in [1.29, 1.82) is 0 Å². The van der Waals surface area contributed by atoms with Crippen molar-refractivity contribution in [3.05, 3.63) is 60.2 Å². The van der Waals surface area contributed by atoms with Gasteiger partial charge < -0.3 is 15.2 Å². The van der Waals surface area contributed by atoms with Gasteiger partial charge in [-0.25, -0.2) is 5.43 Å². The fraction of sp³-hybridized carbons (Fsp3) is 0.167. The standard InChI is InChI=1S/C18H19N3O4/c1-13(25-16-5-3-2-4-6-16)18(23)21-20-11-14-7-9-15(10-8-14)24-12-17(19)22/h2-11,13H,12H2,1H3,(H2,19,22)(H,21,23)/b20-11+. The SMILES string of the molecule is CC(Oc1ccccc1)C(=O)N/N=C/c1ccc(OCC(N)=O)cc1. The third-order valence-electron chi connectivity index (χ3n) is 3.07. The summed E-state index contributed by atoms with van der Waals surface area (Å²) in [5, 5.41) is 3.89. The summed E-state index contributed by atoms with van der Waals surface area (Å²) < 4.78 is 10.6. The Morgan fingerprint density at radius 2 is 1.80 bits per heavy atom. The Bertz CT molecular complexity index is 730. The largest absolute Gasteiger partial charge is 0.484 e. The van der Waals surface area contributed by atoms with Gasteiger partial charge in [0.05, 0.1) is 6.21 Å². The number of nitrogens with two attached hydrogens (primary N) is 1. The van der Waals surface area contributed by atoms with Crippen LogP contribution in [0.25, 0.3) is 0 Å². The van der Waals surface area contributed by atoms with Crippen LogP contribution in [0.4, 0.5) is 0 Å². The van der Waals surface area contributed by atoms with Gasteiger partial charge in [0, 0.05) is 0 Å². The summed E-state index contributed by atoms with van der Waals surface area (Å²) in [7, 11) is 0. The summed E-state index contributed by atoms with van der Waals surface area (Å²) in [4.78, 5) is 22.6. The first-order valence-electron chi connectivity index (χ1n) is 7.60. The van der Waals surface area contributed by atoms with Crippen LogP contribution in [-0.2, 0) is 9.59 Å². The van der Waals surface area contributed by atoms with E-state index < -0.39 is 12.0 Å². The molecule has 130 valence electrons. The van der Waals surface area contributed by atoms with E-state index in [1.807, 2.05) is 18.2 Å². The van der Waals surface area contributed by atoms with Gasteiger partial charge in [-0.15, -0.1) is 0 Å². The zero-order valence-electron chi connectivity index (χ0n) is 13.7. The summed E-state index contributed by atoms with van der Waals surface area (Å²) in [6.45, 7) is 1.46. The minimum Gasteiger partial charge on any atom is -0.484 e. The molecule has 0 fully saturated rings. The van der Waals surface area contributed by atoms with Gasteiger partial charge in [0.2, 0.25) is 0 Å². The normalized spacial score (nSPS) is 11.7. The molecule has 0 aliphatic rings. The molecular weight excluding hydrogens is 322 g/mol. The molecule has 0 radical (unpaired) electrons. The Balaban J connectivity index is 1.81. The van der Waals surface area contributed by atoms with Crippen LogP contribution in [0.1, 0.15) is 12.5 Å². The number of ether oxygens (including phenoxy) is 2. The highest BCUT2D eigenvalue weighted by atomic mass is 16.5. The molecular formula is C18H19N3O4. The molecule has 7 nitrogen and oxygen atoms in total. The van der Waals surface area contributed by atoms with E-state index in [-0.39, 0.29) is 12.5 Å². The van der Waals surface area contributed by atoms with E-state index >= 15 is 0 Å². The van der Waals surface area contributed by atoms with Gasteiger partial charge >= 0.3 is 0 Å². The maximum atomic E-state index is 11.9. The van der Waals surface area contributed by atoms with E-state index in [0.29, 0.717) is 11.5 Å². The Morgan fingerprint density at radius 1 is 1.12 bits per heavy atom. The first kappa shape index (κ1) is 18.0. The molecule has 1 atom stereocenters. The Kier molecular flexibility index (Phi) is 6.53. The molecule has 0 heterocycles. The van der Waals surface area contributed by atoms with Gasteiger partial charge in [-0.05, 0) is 48.9 Å². The zero-order valence-corrected chi connectivity index (χ0v) is 13.7. The molecule has 0 aliphatic carbocycles. The van der Waals surface area contributed by atoms with Crippen LogP contribution in [-0.4, -0.2) is 30.7 Å². The summed E-state index contributed by atoms with van der Waals surface area (Å²) in [6.07, 6.45) is 0.814. The van der Waals surface area contributed by atoms with Crippen LogP contribution in [0.15, 0.2) is 59.7 Å². The molecule has 2 rings (SSSR count). The van der Waals surface area contributed by atoms with E-state index in [9.17, 15) is 9.59 Å². The lowest BCUT2D eigenvalue weighted by atomic mass is 10.2. The van der Waals surface area contributed by atoms with Gasteiger partial charge in [0.15, 0.2) is 12.7 Å². The molecule has 2 aromatic carbocycles. The molecule has 2 amide bonds. The quantitative estimate of drug-likeness (QED) is 0.560. The number of primary amides is 1. The Morgan fingerprint density at radius 3 is 2.44 bits per heavy atom. The van der Waals surface area contributed by atoms with Gasteiger partial charge in [-0.3, -0.25) is 9.59 Å². The highest BCUT2D eigenvalue weighted by Crippen LogP contribution is 2.11. The first-order chi connectivity index (χ1) is 12.0. The van der Waals surface area contributed by atoms with E-state index in [0.717, 1.165) is 5.56 Å². The Labute approximate surface area is 145 Å². The van der Waals surface area contributed by atoms with Crippen molar-refractivity contribution in [3.8, 4) is 11.5 Å². The second-order valence-electron chi connectivity index (χ2n) is 5.13. The van der Waals surface area contributed by atoms with Crippen molar-refractivity contribution in [2.24, 2.45) is 10.8 Å². The van der Waals surface area contributed by atoms with E-state index in [1.165, 1.54) is 6.21 Å². The lowest BCUT2D eigenvalue weighted by molar-refractivity contribution is -0.127. The van der Waals surface area contributed by atoms with Crippen LogP contribution in [0, 0.1) is 0 Å². The topological polar surface area (TPSA) is 103 Å². The average molecular weight is 341 g/mol. The number of hydrazone groups is 1. The number of carbonyl (C=O) groups excluding carboxylic acids is 2. The fourth-order valence-electron chi connectivity index (χ4n) is 1.82. The molecule has 3 N–H and O–H groups in total. The third-order valence-corrected chi connectivity index (χ3v) is 3.07. The number of nitrogens with zero attached hydrogens (tertiary/aromatic N) is 1.